The topological polar surface area (TPSA) is 41.6 Å². The Bertz CT molecular complexity index is 459. The molecule has 1 aromatic rings. The first kappa shape index (κ1) is 16.1. The van der Waals surface area contributed by atoms with Crippen molar-refractivity contribution in [1.82, 2.24) is 10.2 Å². The number of likely N-dealkylation sites (tertiary alicyclic amines) is 1. The number of amides is 1. The number of para-hydroxylation sites is 1. The summed E-state index contributed by atoms with van der Waals surface area (Å²) in [4.78, 5) is 14.0. The van der Waals surface area contributed by atoms with Crippen molar-refractivity contribution >= 4 is 17.5 Å². The number of benzene rings is 1. The van der Waals surface area contributed by atoms with Gasteiger partial charge in [0.05, 0.1) is 5.02 Å². The van der Waals surface area contributed by atoms with Gasteiger partial charge in [0.1, 0.15) is 5.75 Å². The maximum atomic E-state index is 12.1. The van der Waals surface area contributed by atoms with Crippen molar-refractivity contribution in [3.8, 4) is 5.75 Å². The Balaban J connectivity index is 1.74. The van der Waals surface area contributed by atoms with Gasteiger partial charge in [-0.25, -0.2) is 0 Å². The number of nitrogens with zero attached hydrogens (tertiary/aromatic N) is 1. The van der Waals surface area contributed by atoms with Gasteiger partial charge < -0.3 is 15.0 Å². The van der Waals surface area contributed by atoms with Gasteiger partial charge in [0.2, 0.25) is 0 Å². The van der Waals surface area contributed by atoms with E-state index in [0.29, 0.717) is 10.8 Å². The highest BCUT2D eigenvalue weighted by molar-refractivity contribution is 6.32. The van der Waals surface area contributed by atoms with Gasteiger partial charge >= 0.3 is 0 Å². The molecular formula is C16H23ClN2O2. The first-order valence-corrected chi connectivity index (χ1v) is 7.88. The van der Waals surface area contributed by atoms with Crippen molar-refractivity contribution < 1.29 is 9.53 Å². The molecule has 0 bridgehead atoms. The Hall–Kier alpha value is -1.26. The third kappa shape index (κ3) is 4.90. The third-order valence-corrected chi connectivity index (χ3v) is 4.27. The van der Waals surface area contributed by atoms with Gasteiger partial charge in [0.25, 0.3) is 5.91 Å². The average molecular weight is 311 g/mol. The molecule has 1 aliphatic heterocycles. The number of hydrogen-bond acceptors (Lipinski definition) is 3. The van der Waals surface area contributed by atoms with Crippen LogP contribution in [0.15, 0.2) is 24.3 Å². The number of halogens is 1. The molecule has 0 atom stereocenters. The molecule has 1 aliphatic rings. The Morgan fingerprint density at radius 2 is 2.10 bits per heavy atom. The second-order valence-corrected chi connectivity index (χ2v) is 5.84. The summed E-state index contributed by atoms with van der Waals surface area (Å²) in [5, 5.41) is 3.72. The molecule has 1 heterocycles. The van der Waals surface area contributed by atoms with Gasteiger partial charge in [-0.05, 0) is 50.9 Å². The van der Waals surface area contributed by atoms with E-state index >= 15 is 0 Å². The van der Waals surface area contributed by atoms with E-state index in [4.69, 9.17) is 16.3 Å². The van der Waals surface area contributed by atoms with Crippen LogP contribution in [0, 0.1) is 5.92 Å². The summed E-state index contributed by atoms with van der Waals surface area (Å²) in [6, 6.07) is 7.22. The highest BCUT2D eigenvalue weighted by Crippen LogP contribution is 2.24. The van der Waals surface area contributed by atoms with E-state index in [2.05, 4.69) is 5.32 Å². The van der Waals surface area contributed by atoms with Gasteiger partial charge in [-0.2, -0.15) is 0 Å². The normalized spacial score (nSPS) is 16.0. The summed E-state index contributed by atoms with van der Waals surface area (Å²) < 4.78 is 5.51. The van der Waals surface area contributed by atoms with Crippen LogP contribution in [-0.2, 0) is 4.79 Å². The van der Waals surface area contributed by atoms with Gasteiger partial charge in [-0.1, -0.05) is 23.7 Å². The molecule has 1 saturated heterocycles. The quantitative estimate of drug-likeness (QED) is 0.878. The lowest BCUT2D eigenvalue weighted by molar-refractivity contribution is -0.134. The van der Waals surface area contributed by atoms with Gasteiger partial charge in [-0.15, -0.1) is 0 Å². The highest BCUT2D eigenvalue weighted by Gasteiger charge is 2.22. The molecule has 116 valence electrons. The van der Waals surface area contributed by atoms with E-state index in [1.165, 1.54) is 6.42 Å². The summed E-state index contributed by atoms with van der Waals surface area (Å²) in [6.07, 6.45) is 3.35. The van der Waals surface area contributed by atoms with Crippen molar-refractivity contribution in [2.75, 3.05) is 33.3 Å². The molecule has 0 aliphatic carbocycles. The van der Waals surface area contributed by atoms with E-state index in [0.717, 1.165) is 38.4 Å². The molecule has 1 amide bonds. The third-order valence-electron chi connectivity index (χ3n) is 3.96. The van der Waals surface area contributed by atoms with Crippen LogP contribution in [0.5, 0.6) is 5.75 Å². The zero-order valence-corrected chi connectivity index (χ0v) is 13.2. The Morgan fingerprint density at radius 3 is 2.76 bits per heavy atom. The van der Waals surface area contributed by atoms with Crippen LogP contribution in [-0.4, -0.2) is 44.1 Å². The maximum absolute atomic E-state index is 12.1. The molecule has 2 rings (SSSR count). The zero-order chi connectivity index (χ0) is 15.1. The van der Waals surface area contributed by atoms with E-state index in [-0.39, 0.29) is 12.5 Å². The Labute approximate surface area is 131 Å². The molecule has 0 aromatic heterocycles. The lowest BCUT2D eigenvalue weighted by Gasteiger charge is -2.32. The van der Waals surface area contributed by atoms with Crippen molar-refractivity contribution in [2.24, 2.45) is 5.92 Å². The number of nitrogens with one attached hydrogen (secondary N) is 1. The smallest absolute Gasteiger partial charge is 0.260 e. The van der Waals surface area contributed by atoms with Crippen LogP contribution in [0.3, 0.4) is 0 Å². The maximum Gasteiger partial charge on any atom is 0.260 e. The number of hydrogen-bond donors (Lipinski definition) is 1. The van der Waals surface area contributed by atoms with Crippen molar-refractivity contribution in [2.45, 2.75) is 19.3 Å². The molecule has 4 nitrogen and oxygen atoms in total. The van der Waals surface area contributed by atoms with Crippen molar-refractivity contribution in [3.63, 3.8) is 0 Å². The molecular weight excluding hydrogens is 288 g/mol. The average Bonchev–Trinajstić information content (AvgIpc) is 2.52. The minimum Gasteiger partial charge on any atom is -0.482 e. The van der Waals surface area contributed by atoms with Crippen LogP contribution >= 0.6 is 11.6 Å². The molecule has 1 aromatic carbocycles. The minimum absolute atomic E-state index is 0.0435. The first-order valence-electron chi connectivity index (χ1n) is 7.50. The second kappa shape index (κ2) is 8.25. The number of ether oxygens (including phenoxy) is 1. The van der Waals surface area contributed by atoms with E-state index in [9.17, 15) is 4.79 Å². The second-order valence-electron chi connectivity index (χ2n) is 5.44. The van der Waals surface area contributed by atoms with Gasteiger partial charge in [-0.3, -0.25) is 4.79 Å². The number of piperidine rings is 1. The van der Waals surface area contributed by atoms with Crippen molar-refractivity contribution in [3.05, 3.63) is 29.3 Å². The summed E-state index contributed by atoms with van der Waals surface area (Å²) in [5.41, 5.74) is 0. The summed E-state index contributed by atoms with van der Waals surface area (Å²) in [7, 11) is 1.98. The zero-order valence-electron chi connectivity index (χ0n) is 12.5. The van der Waals surface area contributed by atoms with Crippen LogP contribution in [0.4, 0.5) is 0 Å². The summed E-state index contributed by atoms with van der Waals surface area (Å²) in [6.45, 7) is 2.78. The molecule has 0 radical (unpaired) electrons. The number of rotatable bonds is 6. The lowest BCUT2D eigenvalue weighted by Crippen LogP contribution is -2.41. The van der Waals surface area contributed by atoms with Crippen LogP contribution < -0.4 is 10.1 Å². The predicted octanol–water partition coefficient (Wildman–Crippen LogP) is 2.57. The lowest BCUT2D eigenvalue weighted by atomic mass is 9.93. The standard InChI is InChI=1S/C16H23ClN2O2/c1-18-9-6-13-7-10-19(11-8-13)16(20)12-21-15-5-3-2-4-14(15)17/h2-5,13,18H,6-12H2,1H3. The molecule has 0 spiro atoms. The van der Waals surface area contributed by atoms with Crippen LogP contribution in [0.1, 0.15) is 19.3 Å². The van der Waals surface area contributed by atoms with E-state index < -0.39 is 0 Å². The largest absolute Gasteiger partial charge is 0.482 e. The summed E-state index contributed by atoms with van der Waals surface area (Å²) in [5.74, 6) is 1.34. The fourth-order valence-corrected chi connectivity index (χ4v) is 2.80. The summed E-state index contributed by atoms with van der Waals surface area (Å²) >= 11 is 6.01. The molecule has 21 heavy (non-hydrogen) atoms. The highest BCUT2D eigenvalue weighted by atomic mass is 35.5. The molecule has 1 fully saturated rings. The predicted molar refractivity (Wildman–Crippen MR) is 84.8 cm³/mol. The first-order chi connectivity index (χ1) is 10.2. The number of carbonyl (C=O) groups is 1. The monoisotopic (exact) mass is 310 g/mol. The van der Waals surface area contributed by atoms with Crippen LogP contribution in [0.2, 0.25) is 5.02 Å². The molecule has 5 heteroatoms. The van der Waals surface area contributed by atoms with Crippen molar-refractivity contribution in [1.29, 1.82) is 0 Å². The molecule has 0 saturated carbocycles. The van der Waals surface area contributed by atoms with Gasteiger partial charge in [0.15, 0.2) is 6.61 Å². The molecule has 0 unspecified atom stereocenters. The fourth-order valence-electron chi connectivity index (χ4n) is 2.61. The Kier molecular flexibility index (Phi) is 6.33. The minimum atomic E-state index is 0.0435. The fraction of sp³-hybridized carbons (Fsp3) is 0.562. The van der Waals surface area contributed by atoms with Gasteiger partial charge in [0, 0.05) is 13.1 Å². The molecule has 1 N–H and O–H groups in total. The van der Waals surface area contributed by atoms with Crippen LogP contribution in [0.25, 0.3) is 0 Å². The van der Waals surface area contributed by atoms with E-state index in [1.54, 1.807) is 12.1 Å². The number of carbonyl (C=O) groups excluding carboxylic acids is 1. The Morgan fingerprint density at radius 1 is 1.38 bits per heavy atom. The SMILES string of the molecule is CNCCC1CCN(C(=O)COc2ccccc2Cl)CC1. The van der Waals surface area contributed by atoms with E-state index in [1.807, 2.05) is 24.1 Å².